The van der Waals surface area contributed by atoms with E-state index in [9.17, 15) is 10.1 Å². The van der Waals surface area contributed by atoms with Crippen molar-refractivity contribution < 1.29 is 9.66 Å². The van der Waals surface area contributed by atoms with Crippen LogP contribution in [0.4, 0.5) is 17.2 Å². The quantitative estimate of drug-likeness (QED) is 0.306. The Morgan fingerprint density at radius 2 is 1.70 bits per heavy atom. The molecule has 7 heteroatoms. The van der Waals surface area contributed by atoms with Crippen LogP contribution in [0.5, 0.6) is 11.6 Å². The van der Waals surface area contributed by atoms with Crippen LogP contribution in [0.2, 0.25) is 0 Å². The van der Waals surface area contributed by atoms with Crippen molar-refractivity contribution in [1.82, 2.24) is 9.97 Å². The van der Waals surface area contributed by atoms with E-state index in [0.717, 1.165) is 10.8 Å². The lowest BCUT2D eigenvalue weighted by molar-refractivity contribution is -0.385. The molecule has 0 amide bonds. The summed E-state index contributed by atoms with van der Waals surface area (Å²) in [5.41, 5.74) is 1.55. The molecule has 1 heterocycles. The number of hydrogen-bond donors (Lipinski definition) is 1. The summed E-state index contributed by atoms with van der Waals surface area (Å²) in [5.74, 6) is 0.838. The van der Waals surface area contributed by atoms with Crippen LogP contribution in [-0.2, 0) is 0 Å². The van der Waals surface area contributed by atoms with Gasteiger partial charge in [0.05, 0.1) is 4.92 Å². The predicted molar refractivity (Wildman–Crippen MR) is 117 cm³/mol. The lowest BCUT2D eigenvalue weighted by Crippen LogP contribution is -2.03. The second-order valence-electron chi connectivity index (χ2n) is 7.11. The fourth-order valence-electron chi connectivity index (χ4n) is 3.17. The second-order valence-corrected chi connectivity index (χ2v) is 7.11. The van der Waals surface area contributed by atoms with E-state index < -0.39 is 4.92 Å². The molecule has 150 valence electrons. The van der Waals surface area contributed by atoms with Crippen LogP contribution in [0, 0.1) is 10.1 Å². The first-order chi connectivity index (χ1) is 14.5. The summed E-state index contributed by atoms with van der Waals surface area (Å²) in [7, 11) is 0. The molecule has 0 atom stereocenters. The first-order valence-corrected chi connectivity index (χ1v) is 9.55. The molecular weight excluding hydrogens is 380 g/mol. The van der Waals surface area contributed by atoms with Crippen LogP contribution in [0.15, 0.2) is 73.1 Å². The molecule has 0 radical (unpaired) electrons. The summed E-state index contributed by atoms with van der Waals surface area (Å²) in [6.07, 6.45) is 1.25. The Hall–Kier alpha value is -4.00. The van der Waals surface area contributed by atoms with Gasteiger partial charge in [-0.05, 0) is 35.1 Å². The molecule has 0 aliphatic rings. The van der Waals surface area contributed by atoms with Crippen LogP contribution in [-0.4, -0.2) is 14.9 Å². The van der Waals surface area contributed by atoms with Crippen LogP contribution in [0.3, 0.4) is 0 Å². The van der Waals surface area contributed by atoms with Crippen LogP contribution in [0.1, 0.15) is 25.3 Å². The monoisotopic (exact) mass is 400 g/mol. The molecule has 1 N–H and O–H groups in total. The zero-order chi connectivity index (χ0) is 21.1. The van der Waals surface area contributed by atoms with Gasteiger partial charge in [-0.3, -0.25) is 10.1 Å². The number of ether oxygens (including phenoxy) is 1. The van der Waals surface area contributed by atoms with Crippen molar-refractivity contribution in [3.8, 4) is 11.6 Å². The molecule has 1 aromatic heterocycles. The molecule has 30 heavy (non-hydrogen) atoms. The Bertz CT molecular complexity index is 1200. The molecule has 4 aromatic rings. The van der Waals surface area contributed by atoms with E-state index in [0.29, 0.717) is 17.4 Å². The van der Waals surface area contributed by atoms with Crippen LogP contribution >= 0.6 is 0 Å². The van der Waals surface area contributed by atoms with Gasteiger partial charge >= 0.3 is 11.6 Å². The standard InChI is InChI=1S/C23H20N4O3/c1-15(2)16-10-12-18(13-11-16)26-22-21(27(28)29)23(25-14-24-22)30-20-9-5-7-17-6-3-4-8-19(17)20/h3-15H,1-2H3,(H,24,25,26). The normalized spacial score (nSPS) is 10.9. The van der Waals surface area contributed by atoms with Gasteiger partial charge in [-0.2, -0.15) is 4.98 Å². The van der Waals surface area contributed by atoms with E-state index in [-0.39, 0.29) is 17.4 Å². The van der Waals surface area contributed by atoms with Crippen molar-refractivity contribution in [2.45, 2.75) is 19.8 Å². The molecule has 0 saturated carbocycles. The minimum Gasteiger partial charge on any atom is -0.433 e. The summed E-state index contributed by atoms with van der Waals surface area (Å²) in [6, 6.07) is 20.9. The molecule has 0 bridgehead atoms. The summed E-state index contributed by atoms with van der Waals surface area (Å²) in [4.78, 5) is 19.4. The third-order valence-corrected chi connectivity index (χ3v) is 4.77. The van der Waals surface area contributed by atoms with Crippen molar-refractivity contribution in [1.29, 1.82) is 0 Å². The van der Waals surface area contributed by atoms with Gasteiger partial charge in [0.25, 0.3) is 0 Å². The van der Waals surface area contributed by atoms with Crippen molar-refractivity contribution in [3.05, 3.63) is 88.7 Å². The molecule has 0 saturated heterocycles. The number of aromatic nitrogens is 2. The number of anilines is 2. The average Bonchev–Trinajstić information content (AvgIpc) is 2.74. The maximum Gasteiger partial charge on any atom is 0.373 e. The van der Waals surface area contributed by atoms with Crippen molar-refractivity contribution >= 4 is 28.0 Å². The highest BCUT2D eigenvalue weighted by Crippen LogP contribution is 2.37. The van der Waals surface area contributed by atoms with E-state index in [1.807, 2.05) is 60.7 Å². The molecular formula is C23H20N4O3. The average molecular weight is 400 g/mol. The molecule has 0 spiro atoms. The van der Waals surface area contributed by atoms with Crippen LogP contribution in [0.25, 0.3) is 10.8 Å². The first-order valence-electron chi connectivity index (χ1n) is 9.55. The Labute approximate surface area is 173 Å². The smallest absolute Gasteiger partial charge is 0.373 e. The number of hydrogen-bond acceptors (Lipinski definition) is 6. The topological polar surface area (TPSA) is 90.2 Å². The van der Waals surface area contributed by atoms with E-state index in [2.05, 4.69) is 29.1 Å². The maximum atomic E-state index is 11.8. The van der Waals surface area contributed by atoms with E-state index in [1.54, 1.807) is 6.07 Å². The number of nitrogens with zero attached hydrogens (tertiary/aromatic N) is 3. The lowest BCUT2D eigenvalue weighted by atomic mass is 10.0. The minimum absolute atomic E-state index is 0.0718. The predicted octanol–water partition coefficient (Wildman–Crippen LogP) is 6.20. The molecule has 0 fully saturated rings. The fraction of sp³-hybridized carbons (Fsp3) is 0.130. The third kappa shape index (κ3) is 3.91. The first kappa shape index (κ1) is 19.3. The number of benzene rings is 3. The van der Waals surface area contributed by atoms with E-state index in [1.165, 1.54) is 11.9 Å². The largest absolute Gasteiger partial charge is 0.433 e. The zero-order valence-electron chi connectivity index (χ0n) is 16.6. The number of fused-ring (bicyclic) bond motifs is 1. The highest BCUT2D eigenvalue weighted by Gasteiger charge is 2.25. The Balaban J connectivity index is 1.70. The van der Waals surface area contributed by atoms with E-state index in [4.69, 9.17) is 4.74 Å². The van der Waals surface area contributed by atoms with Crippen molar-refractivity contribution in [2.24, 2.45) is 0 Å². The Morgan fingerprint density at radius 1 is 0.967 bits per heavy atom. The van der Waals surface area contributed by atoms with Crippen molar-refractivity contribution in [2.75, 3.05) is 5.32 Å². The van der Waals surface area contributed by atoms with Gasteiger partial charge in [-0.1, -0.05) is 62.4 Å². The van der Waals surface area contributed by atoms with Gasteiger partial charge in [-0.25, -0.2) is 4.98 Å². The summed E-state index contributed by atoms with van der Waals surface area (Å²) in [6.45, 7) is 4.21. The highest BCUT2D eigenvalue weighted by molar-refractivity contribution is 5.88. The zero-order valence-corrected chi connectivity index (χ0v) is 16.6. The maximum absolute atomic E-state index is 11.8. The summed E-state index contributed by atoms with van der Waals surface area (Å²) in [5, 5.41) is 16.7. The molecule has 0 aliphatic heterocycles. The highest BCUT2D eigenvalue weighted by atomic mass is 16.6. The van der Waals surface area contributed by atoms with Gasteiger partial charge in [0.15, 0.2) is 0 Å². The summed E-state index contributed by atoms with van der Waals surface area (Å²) < 4.78 is 5.88. The van der Waals surface area contributed by atoms with Gasteiger partial charge in [0, 0.05) is 11.1 Å². The fourth-order valence-corrected chi connectivity index (χ4v) is 3.17. The van der Waals surface area contributed by atoms with Crippen molar-refractivity contribution in [3.63, 3.8) is 0 Å². The number of nitrogens with one attached hydrogen (secondary N) is 1. The SMILES string of the molecule is CC(C)c1ccc(Nc2ncnc(Oc3cccc4ccccc34)c2[N+](=O)[O-])cc1. The summed E-state index contributed by atoms with van der Waals surface area (Å²) >= 11 is 0. The number of rotatable bonds is 6. The van der Waals surface area contributed by atoms with E-state index >= 15 is 0 Å². The van der Waals surface area contributed by atoms with Gasteiger partial charge in [0.1, 0.15) is 12.1 Å². The van der Waals surface area contributed by atoms with Crippen LogP contribution < -0.4 is 10.1 Å². The molecule has 4 rings (SSSR count). The van der Waals surface area contributed by atoms with Gasteiger partial charge < -0.3 is 10.1 Å². The molecule has 0 unspecified atom stereocenters. The Kier molecular flexibility index (Phi) is 5.26. The molecule has 7 nitrogen and oxygen atoms in total. The third-order valence-electron chi connectivity index (χ3n) is 4.77. The molecule has 0 aliphatic carbocycles. The Morgan fingerprint density at radius 3 is 2.43 bits per heavy atom. The minimum atomic E-state index is -0.536. The number of nitro groups is 1. The second kappa shape index (κ2) is 8.16. The molecule has 3 aromatic carbocycles. The van der Waals surface area contributed by atoms with Gasteiger partial charge in [0.2, 0.25) is 5.82 Å². The van der Waals surface area contributed by atoms with Gasteiger partial charge in [-0.15, -0.1) is 0 Å². The lowest BCUT2D eigenvalue weighted by Gasteiger charge is -2.11.